The maximum Gasteiger partial charge on any atom is 0.339 e. The molecule has 3 heterocycles. The summed E-state index contributed by atoms with van der Waals surface area (Å²) in [6.45, 7) is 5.32. The van der Waals surface area contributed by atoms with Gasteiger partial charge in [0, 0.05) is 32.9 Å². The molecule has 7 heteroatoms. The van der Waals surface area contributed by atoms with Gasteiger partial charge in [0.25, 0.3) is 0 Å². The van der Waals surface area contributed by atoms with Crippen molar-refractivity contribution in [2.45, 2.75) is 13.3 Å². The lowest BCUT2D eigenvalue weighted by molar-refractivity contribution is 0.0697. The molecule has 3 rings (SSSR count). The van der Waals surface area contributed by atoms with Gasteiger partial charge in [0.15, 0.2) is 5.65 Å². The van der Waals surface area contributed by atoms with Crippen molar-refractivity contribution in [3.63, 3.8) is 0 Å². The Balaban J connectivity index is 2.25. The molecule has 0 radical (unpaired) electrons. The summed E-state index contributed by atoms with van der Waals surface area (Å²) in [6.07, 6.45) is 2.43. The van der Waals surface area contributed by atoms with E-state index in [1.807, 2.05) is 14.0 Å². The molecule has 1 saturated heterocycles. The van der Waals surface area contributed by atoms with Gasteiger partial charge in [0.1, 0.15) is 5.56 Å². The molecule has 1 fully saturated rings. The van der Waals surface area contributed by atoms with Crippen LogP contribution in [0, 0.1) is 6.92 Å². The Kier molecular flexibility index (Phi) is 3.50. The first kappa shape index (κ1) is 13.8. The van der Waals surface area contributed by atoms with Crippen LogP contribution in [-0.2, 0) is 7.05 Å². The van der Waals surface area contributed by atoms with Crippen LogP contribution in [0.25, 0.3) is 11.0 Å². The van der Waals surface area contributed by atoms with E-state index in [-0.39, 0.29) is 5.56 Å². The van der Waals surface area contributed by atoms with Gasteiger partial charge in [-0.3, -0.25) is 4.68 Å². The molecule has 0 aromatic carbocycles. The van der Waals surface area contributed by atoms with Crippen LogP contribution < -0.4 is 10.2 Å². The van der Waals surface area contributed by atoms with E-state index in [9.17, 15) is 9.90 Å². The number of hydrogen-bond donors (Lipinski definition) is 2. The van der Waals surface area contributed by atoms with Gasteiger partial charge in [0.2, 0.25) is 0 Å². The minimum atomic E-state index is -0.945. The van der Waals surface area contributed by atoms with Crippen molar-refractivity contribution in [2.24, 2.45) is 7.05 Å². The molecule has 7 nitrogen and oxygen atoms in total. The first-order chi connectivity index (χ1) is 10.1. The summed E-state index contributed by atoms with van der Waals surface area (Å²) in [6, 6.07) is 0. The topological polar surface area (TPSA) is 83.3 Å². The molecule has 2 aromatic heterocycles. The standard InChI is InChI=1S/C14H19N5O2/c1-9-11-12(19-6-3-4-15-5-7-19)10(14(20)21)8-16-13(11)18(2)17-9/h8,15H,3-7H2,1-2H3,(H,20,21). The number of nitrogens with zero attached hydrogens (tertiary/aromatic N) is 4. The Labute approximate surface area is 122 Å². The predicted molar refractivity (Wildman–Crippen MR) is 79.9 cm³/mol. The second-order valence-corrected chi connectivity index (χ2v) is 5.32. The fraction of sp³-hybridized carbons (Fsp3) is 0.500. The maximum absolute atomic E-state index is 11.6. The molecule has 2 aromatic rings. The zero-order valence-corrected chi connectivity index (χ0v) is 12.3. The number of aromatic nitrogens is 3. The number of carboxylic acids is 1. The van der Waals surface area contributed by atoms with Crippen LogP contribution in [-0.4, -0.2) is 52.0 Å². The third-order valence-electron chi connectivity index (χ3n) is 3.89. The Bertz CT molecular complexity index is 686. The Hall–Kier alpha value is -2.15. The molecule has 2 N–H and O–H groups in total. The summed E-state index contributed by atoms with van der Waals surface area (Å²) < 4.78 is 1.70. The van der Waals surface area contributed by atoms with Gasteiger partial charge in [-0.2, -0.15) is 5.10 Å². The van der Waals surface area contributed by atoms with E-state index < -0.39 is 5.97 Å². The fourth-order valence-corrected chi connectivity index (χ4v) is 2.95. The number of anilines is 1. The minimum absolute atomic E-state index is 0.250. The maximum atomic E-state index is 11.6. The quantitative estimate of drug-likeness (QED) is 0.850. The highest BCUT2D eigenvalue weighted by Crippen LogP contribution is 2.32. The van der Waals surface area contributed by atoms with E-state index in [0.717, 1.165) is 55.0 Å². The highest BCUT2D eigenvalue weighted by molar-refractivity contribution is 6.04. The van der Waals surface area contributed by atoms with E-state index in [2.05, 4.69) is 20.3 Å². The molecule has 0 spiro atoms. The second kappa shape index (κ2) is 5.33. The van der Waals surface area contributed by atoms with Crippen LogP contribution in [0.15, 0.2) is 6.20 Å². The number of carboxylic acid groups (broad SMARTS) is 1. The minimum Gasteiger partial charge on any atom is -0.478 e. The van der Waals surface area contributed by atoms with Gasteiger partial charge in [0.05, 0.1) is 16.8 Å². The molecule has 1 aliphatic rings. The second-order valence-electron chi connectivity index (χ2n) is 5.32. The van der Waals surface area contributed by atoms with Crippen LogP contribution in [0.5, 0.6) is 0 Å². The van der Waals surface area contributed by atoms with E-state index >= 15 is 0 Å². The summed E-state index contributed by atoms with van der Waals surface area (Å²) in [4.78, 5) is 18.0. The average molecular weight is 289 g/mol. The third-order valence-corrected chi connectivity index (χ3v) is 3.89. The summed E-state index contributed by atoms with van der Waals surface area (Å²) in [5, 5.41) is 18.1. The molecule has 0 bridgehead atoms. The highest BCUT2D eigenvalue weighted by Gasteiger charge is 2.24. The van der Waals surface area contributed by atoms with Gasteiger partial charge in [-0.05, 0) is 19.9 Å². The van der Waals surface area contributed by atoms with Crippen LogP contribution >= 0.6 is 0 Å². The zero-order chi connectivity index (χ0) is 15.0. The number of aryl methyl sites for hydroxylation is 2. The molecule has 0 amide bonds. The Morgan fingerprint density at radius 3 is 2.95 bits per heavy atom. The van der Waals surface area contributed by atoms with Crippen LogP contribution in [0.3, 0.4) is 0 Å². The van der Waals surface area contributed by atoms with Crippen LogP contribution in [0.1, 0.15) is 22.5 Å². The zero-order valence-electron chi connectivity index (χ0n) is 12.3. The molecule has 0 aliphatic carbocycles. The third kappa shape index (κ3) is 2.33. The number of fused-ring (bicyclic) bond motifs is 1. The molecule has 1 aliphatic heterocycles. The number of nitrogens with one attached hydrogen (secondary N) is 1. The van der Waals surface area contributed by atoms with E-state index in [1.54, 1.807) is 4.68 Å². The van der Waals surface area contributed by atoms with Gasteiger partial charge in [-0.25, -0.2) is 9.78 Å². The van der Waals surface area contributed by atoms with Crippen molar-refractivity contribution in [3.05, 3.63) is 17.5 Å². The molecule has 0 atom stereocenters. The molecular formula is C14H19N5O2. The summed E-state index contributed by atoms with van der Waals surface area (Å²) in [5.41, 5.74) is 2.54. The smallest absolute Gasteiger partial charge is 0.339 e. The first-order valence-corrected chi connectivity index (χ1v) is 7.11. The van der Waals surface area contributed by atoms with E-state index in [0.29, 0.717) is 0 Å². The van der Waals surface area contributed by atoms with Crippen molar-refractivity contribution in [2.75, 3.05) is 31.1 Å². The largest absolute Gasteiger partial charge is 0.478 e. The van der Waals surface area contributed by atoms with E-state index in [1.165, 1.54) is 6.20 Å². The van der Waals surface area contributed by atoms with Gasteiger partial charge < -0.3 is 15.3 Å². The Morgan fingerprint density at radius 1 is 1.38 bits per heavy atom. The number of pyridine rings is 1. The van der Waals surface area contributed by atoms with Gasteiger partial charge in [-0.15, -0.1) is 0 Å². The molecule has 21 heavy (non-hydrogen) atoms. The van der Waals surface area contributed by atoms with Crippen molar-refractivity contribution in [1.82, 2.24) is 20.1 Å². The summed E-state index contributed by atoms with van der Waals surface area (Å²) in [7, 11) is 1.83. The molecular weight excluding hydrogens is 270 g/mol. The average Bonchev–Trinajstić information content (AvgIpc) is 2.67. The fourth-order valence-electron chi connectivity index (χ4n) is 2.95. The monoisotopic (exact) mass is 289 g/mol. The SMILES string of the molecule is Cc1nn(C)c2ncc(C(=O)O)c(N3CCCNCC3)c12. The number of aromatic carboxylic acids is 1. The van der Waals surface area contributed by atoms with Crippen molar-refractivity contribution < 1.29 is 9.90 Å². The highest BCUT2D eigenvalue weighted by atomic mass is 16.4. The van der Waals surface area contributed by atoms with Crippen LogP contribution in [0.4, 0.5) is 5.69 Å². The van der Waals surface area contributed by atoms with Crippen molar-refractivity contribution >= 4 is 22.7 Å². The predicted octanol–water partition coefficient (Wildman–Crippen LogP) is 0.775. The number of carbonyl (C=O) groups is 1. The lowest BCUT2D eigenvalue weighted by Gasteiger charge is -2.24. The summed E-state index contributed by atoms with van der Waals surface area (Å²) >= 11 is 0. The summed E-state index contributed by atoms with van der Waals surface area (Å²) in [5.74, 6) is -0.945. The van der Waals surface area contributed by atoms with Crippen molar-refractivity contribution in [3.8, 4) is 0 Å². The van der Waals surface area contributed by atoms with Gasteiger partial charge >= 0.3 is 5.97 Å². The lowest BCUT2D eigenvalue weighted by Crippen LogP contribution is -2.29. The van der Waals surface area contributed by atoms with Crippen LogP contribution in [0.2, 0.25) is 0 Å². The van der Waals surface area contributed by atoms with Crippen molar-refractivity contribution in [1.29, 1.82) is 0 Å². The number of hydrogen-bond acceptors (Lipinski definition) is 5. The number of rotatable bonds is 2. The van der Waals surface area contributed by atoms with E-state index in [4.69, 9.17) is 0 Å². The van der Waals surface area contributed by atoms with Gasteiger partial charge in [-0.1, -0.05) is 0 Å². The Morgan fingerprint density at radius 2 is 2.19 bits per heavy atom. The molecule has 0 saturated carbocycles. The lowest BCUT2D eigenvalue weighted by atomic mass is 10.1. The molecule has 0 unspecified atom stereocenters. The molecule has 112 valence electrons. The first-order valence-electron chi connectivity index (χ1n) is 7.11. The normalized spacial score (nSPS) is 16.2.